The van der Waals surface area contributed by atoms with Crippen molar-refractivity contribution in [3.63, 3.8) is 0 Å². The number of hydrogen-bond acceptors (Lipinski definition) is 5. The number of ether oxygens (including phenoxy) is 2. The van der Waals surface area contributed by atoms with Crippen LogP contribution in [0.4, 0.5) is 13.2 Å². The molecule has 0 bridgehead atoms. The van der Waals surface area contributed by atoms with Crippen LogP contribution in [-0.4, -0.2) is 30.1 Å². The maximum atomic E-state index is 12.2. The number of halogens is 3. The van der Waals surface area contributed by atoms with Crippen molar-refractivity contribution < 1.29 is 32.5 Å². The molecule has 0 saturated carbocycles. The number of nitrogens with two attached hydrogens (primary N) is 1. The Kier molecular flexibility index (Phi) is 5.42. The summed E-state index contributed by atoms with van der Waals surface area (Å²) in [5.74, 6) is -1.41. The quantitative estimate of drug-likeness (QED) is 0.813. The van der Waals surface area contributed by atoms with Crippen LogP contribution in [0.1, 0.15) is 18.1 Å². The number of benzene rings is 1. The zero-order chi connectivity index (χ0) is 16.2. The molecule has 21 heavy (non-hydrogen) atoms. The number of aromatic hydroxyl groups is 1. The molecule has 0 saturated heterocycles. The molecule has 0 amide bonds. The standard InChI is InChI=1S/C13H16F3NO4/c1-3-20-12(19)10(17)6-8-5-9(21-13(14,15)16)4-7(2)11(8)18/h4-5,10,18H,3,6,17H2,1-2H3. The molecule has 0 aliphatic carbocycles. The molecule has 118 valence electrons. The Balaban J connectivity index is 2.98. The van der Waals surface area contributed by atoms with Gasteiger partial charge in [0.05, 0.1) is 6.61 Å². The summed E-state index contributed by atoms with van der Waals surface area (Å²) in [6.45, 7) is 3.15. The van der Waals surface area contributed by atoms with E-state index < -0.39 is 24.1 Å². The minimum Gasteiger partial charge on any atom is -0.507 e. The van der Waals surface area contributed by atoms with Crippen molar-refractivity contribution in [2.75, 3.05) is 6.61 Å². The van der Waals surface area contributed by atoms with E-state index in [1.54, 1.807) is 6.92 Å². The molecule has 0 aromatic heterocycles. The first kappa shape index (κ1) is 17.1. The second-order valence-electron chi connectivity index (χ2n) is 4.36. The number of hydrogen-bond donors (Lipinski definition) is 2. The number of carbonyl (C=O) groups is 1. The lowest BCUT2D eigenvalue weighted by Gasteiger charge is -2.15. The molecular formula is C13H16F3NO4. The van der Waals surface area contributed by atoms with Crippen LogP contribution in [0.15, 0.2) is 12.1 Å². The summed E-state index contributed by atoms with van der Waals surface area (Å²) < 4.78 is 45.1. The van der Waals surface area contributed by atoms with Crippen LogP contribution in [0.25, 0.3) is 0 Å². The number of rotatable bonds is 5. The van der Waals surface area contributed by atoms with Crippen LogP contribution in [0.3, 0.4) is 0 Å². The summed E-state index contributed by atoms with van der Waals surface area (Å²) in [6, 6.07) is 0.952. The van der Waals surface area contributed by atoms with Crippen molar-refractivity contribution in [3.05, 3.63) is 23.3 Å². The molecule has 5 nitrogen and oxygen atoms in total. The van der Waals surface area contributed by atoms with Gasteiger partial charge in [0.25, 0.3) is 0 Å². The maximum absolute atomic E-state index is 12.2. The van der Waals surface area contributed by atoms with Crippen LogP contribution in [0, 0.1) is 6.92 Å². The first-order chi connectivity index (χ1) is 9.64. The van der Waals surface area contributed by atoms with Crippen molar-refractivity contribution >= 4 is 5.97 Å². The first-order valence-corrected chi connectivity index (χ1v) is 6.14. The molecule has 8 heteroatoms. The number of aryl methyl sites for hydroxylation is 1. The highest BCUT2D eigenvalue weighted by atomic mass is 19.4. The Bertz CT molecular complexity index is 517. The number of phenols is 1. The molecule has 0 heterocycles. The molecule has 1 aromatic carbocycles. The van der Waals surface area contributed by atoms with Gasteiger partial charge in [0.1, 0.15) is 17.5 Å². The van der Waals surface area contributed by atoms with E-state index in [0.717, 1.165) is 12.1 Å². The van der Waals surface area contributed by atoms with Gasteiger partial charge < -0.3 is 20.3 Å². The first-order valence-electron chi connectivity index (χ1n) is 6.14. The molecule has 1 unspecified atom stereocenters. The van der Waals surface area contributed by atoms with Crippen molar-refractivity contribution in [2.45, 2.75) is 32.7 Å². The summed E-state index contributed by atoms with van der Waals surface area (Å²) >= 11 is 0. The van der Waals surface area contributed by atoms with Crippen molar-refractivity contribution in [1.82, 2.24) is 0 Å². The summed E-state index contributed by atoms with van der Waals surface area (Å²) in [6.07, 6.45) is -5.01. The van der Waals surface area contributed by atoms with Crippen LogP contribution in [-0.2, 0) is 16.0 Å². The highest BCUT2D eigenvalue weighted by molar-refractivity contribution is 5.76. The average Bonchev–Trinajstić information content (AvgIpc) is 2.33. The fraction of sp³-hybridized carbons (Fsp3) is 0.462. The topological polar surface area (TPSA) is 81.8 Å². The van der Waals surface area contributed by atoms with Gasteiger partial charge in [0, 0.05) is 6.42 Å². The summed E-state index contributed by atoms with van der Waals surface area (Å²) in [4.78, 5) is 11.4. The zero-order valence-electron chi connectivity index (χ0n) is 11.5. The van der Waals surface area contributed by atoms with Crippen LogP contribution in [0.2, 0.25) is 0 Å². The second-order valence-corrected chi connectivity index (χ2v) is 4.36. The predicted molar refractivity (Wildman–Crippen MR) is 67.8 cm³/mol. The molecular weight excluding hydrogens is 291 g/mol. The molecule has 0 radical (unpaired) electrons. The predicted octanol–water partition coefficient (Wildman–Crippen LogP) is 2.03. The zero-order valence-corrected chi connectivity index (χ0v) is 11.5. The molecule has 3 N–H and O–H groups in total. The van der Waals surface area contributed by atoms with Gasteiger partial charge in [-0.3, -0.25) is 4.79 Å². The van der Waals surface area contributed by atoms with Gasteiger partial charge in [-0.05, 0) is 37.1 Å². The summed E-state index contributed by atoms with van der Waals surface area (Å²) in [5.41, 5.74) is 5.84. The van der Waals surface area contributed by atoms with E-state index in [2.05, 4.69) is 4.74 Å². The third-order valence-corrected chi connectivity index (χ3v) is 2.62. The third-order valence-electron chi connectivity index (χ3n) is 2.62. The number of phenolic OH excluding ortho intramolecular Hbond substituents is 1. The van der Waals surface area contributed by atoms with Crippen LogP contribution >= 0.6 is 0 Å². The maximum Gasteiger partial charge on any atom is 0.573 e. The average molecular weight is 307 g/mol. The summed E-state index contributed by atoms with van der Waals surface area (Å²) in [7, 11) is 0. The number of carbonyl (C=O) groups excluding carboxylic acids is 1. The highest BCUT2D eigenvalue weighted by Crippen LogP contribution is 2.31. The number of alkyl halides is 3. The third kappa shape index (κ3) is 5.14. The van der Waals surface area contributed by atoms with Crippen molar-refractivity contribution in [1.29, 1.82) is 0 Å². The second kappa shape index (κ2) is 6.66. The van der Waals surface area contributed by atoms with E-state index in [9.17, 15) is 23.1 Å². The van der Waals surface area contributed by atoms with Gasteiger partial charge in [0.15, 0.2) is 0 Å². The molecule has 1 atom stereocenters. The van der Waals surface area contributed by atoms with E-state index in [4.69, 9.17) is 10.5 Å². The normalized spacial score (nSPS) is 12.9. The SMILES string of the molecule is CCOC(=O)C(N)Cc1cc(OC(F)(F)F)cc(C)c1O. The lowest BCUT2D eigenvalue weighted by Crippen LogP contribution is -2.34. The Morgan fingerprint density at radius 2 is 2.05 bits per heavy atom. The molecule has 0 fully saturated rings. The van der Waals surface area contributed by atoms with Gasteiger partial charge in [0.2, 0.25) is 0 Å². The fourth-order valence-electron chi connectivity index (χ4n) is 1.73. The van der Waals surface area contributed by atoms with Gasteiger partial charge in [-0.15, -0.1) is 13.2 Å². The van der Waals surface area contributed by atoms with Crippen LogP contribution in [0.5, 0.6) is 11.5 Å². The number of esters is 1. The van der Waals surface area contributed by atoms with Crippen molar-refractivity contribution in [2.24, 2.45) is 5.73 Å². The Morgan fingerprint density at radius 3 is 2.57 bits per heavy atom. The van der Waals surface area contributed by atoms with Gasteiger partial charge in [-0.2, -0.15) is 0 Å². The van der Waals surface area contributed by atoms with Gasteiger partial charge in [-0.25, -0.2) is 0 Å². The fourth-order valence-corrected chi connectivity index (χ4v) is 1.73. The minimum absolute atomic E-state index is 0.0785. The molecule has 0 aliphatic heterocycles. The lowest BCUT2D eigenvalue weighted by molar-refractivity contribution is -0.274. The minimum atomic E-state index is -4.84. The summed E-state index contributed by atoms with van der Waals surface area (Å²) in [5, 5.41) is 9.84. The van der Waals surface area contributed by atoms with Gasteiger partial charge >= 0.3 is 12.3 Å². The van der Waals surface area contributed by atoms with E-state index in [1.807, 2.05) is 0 Å². The Morgan fingerprint density at radius 1 is 1.43 bits per heavy atom. The molecule has 0 spiro atoms. The molecule has 0 aliphatic rings. The Labute approximate surface area is 119 Å². The largest absolute Gasteiger partial charge is 0.573 e. The molecule has 1 aromatic rings. The smallest absolute Gasteiger partial charge is 0.507 e. The van der Waals surface area contributed by atoms with E-state index in [-0.39, 0.29) is 29.9 Å². The van der Waals surface area contributed by atoms with E-state index >= 15 is 0 Å². The Hall–Kier alpha value is -1.96. The van der Waals surface area contributed by atoms with Gasteiger partial charge in [-0.1, -0.05) is 0 Å². The highest BCUT2D eigenvalue weighted by Gasteiger charge is 2.31. The van der Waals surface area contributed by atoms with E-state index in [1.165, 1.54) is 6.92 Å². The lowest BCUT2D eigenvalue weighted by atomic mass is 10.0. The van der Waals surface area contributed by atoms with Crippen molar-refractivity contribution in [3.8, 4) is 11.5 Å². The van der Waals surface area contributed by atoms with Crippen LogP contribution < -0.4 is 10.5 Å². The molecule has 1 rings (SSSR count). The monoisotopic (exact) mass is 307 g/mol. The van der Waals surface area contributed by atoms with E-state index in [0.29, 0.717) is 0 Å².